The molecule has 126 valence electrons. The van der Waals surface area contributed by atoms with E-state index in [2.05, 4.69) is 25.8 Å². The van der Waals surface area contributed by atoms with Crippen LogP contribution in [0.4, 0.5) is 23.1 Å². The van der Waals surface area contributed by atoms with Gasteiger partial charge in [-0.15, -0.1) is 5.10 Å². The van der Waals surface area contributed by atoms with Crippen molar-refractivity contribution in [2.45, 2.75) is 6.92 Å². The summed E-state index contributed by atoms with van der Waals surface area (Å²) in [7, 11) is 1.34. The van der Waals surface area contributed by atoms with Gasteiger partial charge in [-0.05, 0) is 36.8 Å². The molecule has 7 heteroatoms. The Morgan fingerprint density at radius 3 is 2.72 bits per heavy atom. The van der Waals surface area contributed by atoms with E-state index in [0.29, 0.717) is 23.0 Å². The zero-order valence-electron chi connectivity index (χ0n) is 13.9. The molecule has 0 unspecified atom stereocenters. The number of benzene rings is 2. The summed E-state index contributed by atoms with van der Waals surface area (Å²) in [5.41, 5.74) is 2.99. The highest BCUT2D eigenvalue weighted by Crippen LogP contribution is 2.21. The van der Waals surface area contributed by atoms with Crippen LogP contribution in [0.25, 0.3) is 0 Å². The first-order valence-electron chi connectivity index (χ1n) is 7.63. The van der Waals surface area contributed by atoms with Crippen molar-refractivity contribution in [1.29, 1.82) is 0 Å². The molecule has 3 aromatic rings. The number of ether oxygens (including phenoxy) is 1. The number of nitrogens with zero attached hydrogens (tertiary/aromatic N) is 3. The second-order valence-electron chi connectivity index (χ2n) is 5.32. The Balaban J connectivity index is 1.82. The van der Waals surface area contributed by atoms with Crippen LogP contribution in [-0.4, -0.2) is 28.3 Å². The van der Waals surface area contributed by atoms with Crippen LogP contribution in [-0.2, 0) is 4.74 Å². The molecule has 0 atom stereocenters. The molecule has 0 spiro atoms. The maximum Gasteiger partial charge on any atom is 0.339 e. The van der Waals surface area contributed by atoms with E-state index in [-0.39, 0.29) is 0 Å². The number of methoxy groups -OCH3 is 1. The highest BCUT2D eigenvalue weighted by Gasteiger charge is 2.12. The van der Waals surface area contributed by atoms with E-state index in [1.54, 1.807) is 18.2 Å². The molecule has 0 aliphatic carbocycles. The Morgan fingerprint density at radius 1 is 1.08 bits per heavy atom. The molecule has 0 aliphatic rings. The molecule has 7 nitrogen and oxygen atoms in total. The van der Waals surface area contributed by atoms with Gasteiger partial charge in [0, 0.05) is 5.69 Å². The Kier molecular flexibility index (Phi) is 4.84. The monoisotopic (exact) mass is 335 g/mol. The predicted molar refractivity (Wildman–Crippen MR) is 95.4 cm³/mol. The maximum atomic E-state index is 11.8. The van der Waals surface area contributed by atoms with Crippen molar-refractivity contribution in [3.8, 4) is 0 Å². The van der Waals surface area contributed by atoms with Gasteiger partial charge in [0.15, 0.2) is 5.82 Å². The van der Waals surface area contributed by atoms with Crippen molar-refractivity contribution in [3.63, 3.8) is 0 Å². The molecule has 0 fully saturated rings. The van der Waals surface area contributed by atoms with E-state index < -0.39 is 5.97 Å². The molecule has 25 heavy (non-hydrogen) atoms. The minimum Gasteiger partial charge on any atom is -0.465 e. The molecule has 0 bridgehead atoms. The number of carbonyl (C=O) groups excluding carboxylic acids is 1. The molecule has 0 radical (unpaired) electrons. The van der Waals surface area contributed by atoms with Crippen LogP contribution >= 0.6 is 0 Å². The zero-order chi connectivity index (χ0) is 17.6. The fourth-order valence-electron chi connectivity index (χ4n) is 2.29. The van der Waals surface area contributed by atoms with Crippen LogP contribution < -0.4 is 10.6 Å². The first kappa shape index (κ1) is 16.4. The minimum absolute atomic E-state index is 0.353. The van der Waals surface area contributed by atoms with Crippen molar-refractivity contribution in [1.82, 2.24) is 15.2 Å². The number of hydrogen-bond acceptors (Lipinski definition) is 7. The average molecular weight is 335 g/mol. The molecule has 1 aromatic heterocycles. The van der Waals surface area contributed by atoms with Crippen LogP contribution in [0.5, 0.6) is 0 Å². The lowest BCUT2D eigenvalue weighted by atomic mass is 10.2. The molecular weight excluding hydrogens is 318 g/mol. The molecule has 0 saturated heterocycles. The molecular formula is C18H17N5O2. The van der Waals surface area contributed by atoms with Crippen LogP contribution in [0.2, 0.25) is 0 Å². The van der Waals surface area contributed by atoms with Gasteiger partial charge in [0.25, 0.3) is 0 Å². The van der Waals surface area contributed by atoms with E-state index in [1.807, 2.05) is 37.3 Å². The second-order valence-corrected chi connectivity index (χ2v) is 5.32. The Bertz CT molecular complexity index is 898. The van der Waals surface area contributed by atoms with Gasteiger partial charge in [-0.25, -0.2) is 4.79 Å². The number of esters is 1. The van der Waals surface area contributed by atoms with Crippen molar-refractivity contribution >= 4 is 29.1 Å². The van der Waals surface area contributed by atoms with Gasteiger partial charge < -0.3 is 15.4 Å². The smallest absolute Gasteiger partial charge is 0.339 e. The molecule has 2 aromatic carbocycles. The maximum absolute atomic E-state index is 11.8. The lowest BCUT2D eigenvalue weighted by Crippen LogP contribution is -2.07. The topological polar surface area (TPSA) is 89.0 Å². The normalized spacial score (nSPS) is 10.2. The largest absolute Gasteiger partial charge is 0.465 e. The molecule has 0 aliphatic heterocycles. The number of hydrogen-bond donors (Lipinski definition) is 2. The van der Waals surface area contributed by atoms with Gasteiger partial charge in [-0.1, -0.05) is 24.3 Å². The van der Waals surface area contributed by atoms with Gasteiger partial charge in [-0.2, -0.15) is 10.1 Å². The first-order valence-corrected chi connectivity index (χ1v) is 7.63. The zero-order valence-corrected chi connectivity index (χ0v) is 13.9. The Hall–Kier alpha value is -3.48. The summed E-state index contributed by atoms with van der Waals surface area (Å²) >= 11 is 0. The summed E-state index contributed by atoms with van der Waals surface area (Å²) in [6, 6.07) is 14.9. The Morgan fingerprint density at radius 2 is 1.92 bits per heavy atom. The van der Waals surface area contributed by atoms with E-state index in [0.717, 1.165) is 11.3 Å². The summed E-state index contributed by atoms with van der Waals surface area (Å²) in [6.45, 7) is 2.01. The van der Waals surface area contributed by atoms with E-state index >= 15 is 0 Å². The van der Waals surface area contributed by atoms with Gasteiger partial charge in [-0.3, -0.25) is 0 Å². The van der Waals surface area contributed by atoms with Crippen molar-refractivity contribution in [2.75, 3.05) is 17.7 Å². The van der Waals surface area contributed by atoms with Crippen LogP contribution in [0.1, 0.15) is 15.9 Å². The van der Waals surface area contributed by atoms with E-state index in [9.17, 15) is 4.79 Å². The highest BCUT2D eigenvalue weighted by atomic mass is 16.5. The Labute approximate surface area is 145 Å². The van der Waals surface area contributed by atoms with Gasteiger partial charge in [0.1, 0.15) is 0 Å². The number of para-hydroxylation sites is 1. The predicted octanol–water partition coefficient (Wildman–Crippen LogP) is 3.45. The standard InChI is InChI=1S/C18H17N5O2/c1-12-6-5-7-13(10-12)20-18-22-16(11-19-23-18)21-15-9-4-3-8-14(15)17(24)25-2/h3-11H,1-2H3,(H2,20,21,22,23). The summed E-state index contributed by atoms with van der Waals surface area (Å²) in [5.74, 6) is 0.385. The van der Waals surface area contributed by atoms with Gasteiger partial charge >= 0.3 is 5.97 Å². The fourth-order valence-corrected chi connectivity index (χ4v) is 2.29. The average Bonchev–Trinajstić information content (AvgIpc) is 2.62. The van der Waals surface area contributed by atoms with E-state index in [4.69, 9.17) is 4.74 Å². The lowest BCUT2D eigenvalue weighted by molar-refractivity contribution is 0.0602. The van der Waals surface area contributed by atoms with Gasteiger partial charge in [0.05, 0.1) is 24.6 Å². The number of anilines is 4. The third-order valence-electron chi connectivity index (χ3n) is 3.43. The van der Waals surface area contributed by atoms with Crippen LogP contribution in [0.3, 0.4) is 0 Å². The molecule has 0 amide bonds. The summed E-state index contributed by atoms with van der Waals surface area (Å²) < 4.78 is 4.79. The molecule has 3 rings (SSSR count). The first-order chi connectivity index (χ1) is 12.2. The molecule has 0 saturated carbocycles. The highest BCUT2D eigenvalue weighted by molar-refractivity contribution is 5.96. The number of nitrogens with one attached hydrogen (secondary N) is 2. The summed E-state index contributed by atoms with van der Waals surface area (Å²) in [6.07, 6.45) is 1.48. The molecule has 2 N–H and O–H groups in total. The quantitative estimate of drug-likeness (QED) is 0.690. The number of aryl methyl sites for hydroxylation is 1. The van der Waals surface area contributed by atoms with Crippen molar-refractivity contribution in [2.24, 2.45) is 0 Å². The number of carbonyl (C=O) groups is 1. The van der Waals surface area contributed by atoms with Crippen molar-refractivity contribution in [3.05, 3.63) is 65.9 Å². The van der Waals surface area contributed by atoms with Crippen molar-refractivity contribution < 1.29 is 9.53 Å². The third kappa shape index (κ3) is 4.08. The fraction of sp³-hybridized carbons (Fsp3) is 0.111. The second kappa shape index (κ2) is 7.39. The number of rotatable bonds is 5. The molecule has 1 heterocycles. The van der Waals surface area contributed by atoms with E-state index in [1.165, 1.54) is 13.3 Å². The van der Waals surface area contributed by atoms with Crippen LogP contribution in [0, 0.1) is 6.92 Å². The van der Waals surface area contributed by atoms with Crippen LogP contribution in [0.15, 0.2) is 54.7 Å². The number of aromatic nitrogens is 3. The summed E-state index contributed by atoms with van der Waals surface area (Å²) in [4.78, 5) is 16.2. The minimum atomic E-state index is -0.428. The van der Waals surface area contributed by atoms with Gasteiger partial charge in [0.2, 0.25) is 5.95 Å². The lowest BCUT2D eigenvalue weighted by Gasteiger charge is -2.10. The SMILES string of the molecule is COC(=O)c1ccccc1Nc1cnnc(Nc2cccc(C)c2)n1. The summed E-state index contributed by atoms with van der Waals surface area (Å²) in [5, 5.41) is 14.1. The third-order valence-corrected chi connectivity index (χ3v) is 3.43.